The number of likely N-dealkylation sites (N-methyl/N-ethyl adjacent to an activating group) is 1. The lowest BCUT2D eigenvalue weighted by Crippen LogP contribution is -2.23. The summed E-state index contributed by atoms with van der Waals surface area (Å²) in [5.74, 6) is -0.505. The zero-order valence-corrected chi connectivity index (χ0v) is 11.3. The SMILES string of the molecule is CCOCCN(C)Cc1cc(F)cc(/C(N)=N/O)c1. The summed E-state index contributed by atoms with van der Waals surface area (Å²) in [6.45, 7) is 4.58. The molecule has 3 N–H and O–H groups in total. The van der Waals surface area contributed by atoms with E-state index in [-0.39, 0.29) is 5.84 Å². The highest BCUT2D eigenvalue weighted by atomic mass is 19.1. The second-order valence-corrected chi connectivity index (χ2v) is 4.27. The van der Waals surface area contributed by atoms with E-state index in [0.717, 1.165) is 12.1 Å². The highest BCUT2D eigenvalue weighted by Gasteiger charge is 2.07. The van der Waals surface area contributed by atoms with E-state index in [4.69, 9.17) is 15.7 Å². The van der Waals surface area contributed by atoms with Gasteiger partial charge in [-0.25, -0.2) is 4.39 Å². The number of halogens is 1. The average molecular weight is 269 g/mol. The quantitative estimate of drug-likeness (QED) is 0.258. The van der Waals surface area contributed by atoms with Crippen LogP contribution in [0.2, 0.25) is 0 Å². The van der Waals surface area contributed by atoms with Gasteiger partial charge in [-0.15, -0.1) is 0 Å². The molecule has 0 unspecified atom stereocenters. The Kier molecular flexibility index (Phi) is 6.24. The van der Waals surface area contributed by atoms with Gasteiger partial charge < -0.3 is 15.7 Å². The van der Waals surface area contributed by atoms with Crippen LogP contribution < -0.4 is 5.73 Å². The number of nitrogens with two attached hydrogens (primary N) is 1. The number of benzene rings is 1. The van der Waals surface area contributed by atoms with Crippen LogP contribution in [0.25, 0.3) is 0 Å². The maximum absolute atomic E-state index is 13.4. The van der Waals surface area contributed by atoms with E-state index >= 15 is 0 Å². The van der Waals surface area contributed by atoms with E-state index in [1.165, 1.54) is 12.1 Å². The zero-order chi connectivity index (χ0) is 14.3. The lowest BCUT2D eigenvalue weighted by atomic mass is 10.1. The molecule has 0 bridgehead atoms. The number of oxime groups is 1. The van der Waals surface area contributed by atoms with E-state index in [1.807, 2.05) is 18.9 Å². The molecule has 0 amide bonds. The Morgan fingerprint density at radius 2 is 2.21 bits per heavy atom. The molecule has 1 aromatic rings. The summed E-state index contributed by atoms with van der Waals surface area (Å²) in [7, 11) is 1.92. The molecule has 19 heavy (non-hydrogen) atoms. The number of amidine groups is 1. The topological polar surface area (TPSA) is 71.1 Å². The molecule has 5 nitrogen and oxygen atoms in total. The fourth-order valence-electron chi connectivity index (χ4n) is 1.70. The van der Waals surface area contributed by atoms with Crippen LogP contribution in [0.1, 0.15) is 18.1 Å². The van der Waals surface area contributed by atoms with Crippen LogP contribution >= 0.6 is 0 Å². The normalized spacial score (nSPS) is 12.1. The minimum Gasteiger partial charge on any atom is -0.409 e. The Hall–Kier alpha value is -1.66. The van der Waals surface area contributed by atoms with Gasteiger partial charge in [0.2, 0.25) is 0 Å². The van der Waals surface area contributed by atoms with Crippen LogP contribution in [-0.4, -0.2) is 42.7 Å². The molecule has 0 atom stereocenters. The molecular formula is C13H20FN3O2. The van der Waals surface area contributed by atoms with Gasteiger partial charge in [0.15, 0.2) is 5.84 Å². The second kappa shape index (κ2) is 7.70. The predicted octanol–water partition coefficient (Wildman–Crippen LogP) is 1.39. The molecule has 0 aliphatic carbocycles. The molecule has 0 spiro atoms. The lowest BCUT2D eigenvalue weighted by Gasteiger charge is -2.17. The highest BCUT2D eigenvalue weighted by molar-refractivity contribution is 5.97. The standard InChI is InChI=1S/C13H20FN3O2/c1-3-19-5-4-17(2)9-10-6-11(13(15)16-18)8-12(14)7-10/h6-8,18H,3-5,9H2,1-2H3,(H2,15,16). The van der Waals surface area contributed by atoms with Gasteiger partial charge in [0.1, 0.15) is 5.82 Å². The van der Waals surface area contributed by atoms with Gasteiger partial charge in [0.25, 0.3) is 0 Å². The van der Waals surface area contributed by atoms with Gasteiger partial charge in [-0.3, -0.25) is 4.90 Å². The Morgan fingerprint density at radius 3 is 2.84 bits per heavy atom. The van der Waals surface area contributed by atoms with E-state index in [0.29, 0.717) is 25.3 Å². The third kappa shape index (κ3) is 5.23. The first-order valence-electron chi connectivity index (χ1n) is 6.10. The summed E-state index contributed by atoms with van der Waals surface area (Å²) in [5.41, 5.74) is 6.60. The molecule has 0 saturated heterocycles. The molecule has 6 heteroatoms. The van der Waals surface area contributed by atoms with Crippen molar-refractivity contribution in [2.24, 2.45) is 10.9 Å². The van der Waals surface area contributed by atoms with Gasteiger partial charge in [0.05, 0.1) is 6.61 Å². The molecule has 1 rings (SSSR count). The Morgan fingerprint density at radius 1 is 1.47 bits per heavy atom. The Balaban J connectivity index is 2.70. The van der Waals surface area contributed by atoms with Gasteiger partial charge in [-0.05, 0) is 37.7 Å². The van der Waals surface area contributed by atoms with Crippen molar-refractivity contribution in [1.29, 1.82) is 0 Å². The van der Waals surface area contributed by atoms with Crippen LogP contribution in [0, 0.1) is 5.82 Å². The molecule has 0 fully saturated rings. The average Bonchev–Trinajstić information content (AvgIpc) is 2.37. The Bertz CT molecular complexity index is 438. The fourth-order valence-corrected chi connectivity index (χ4v) is 1.70. The molecule has 106 valence electrons. The van der Waals surface area contributed by atoms with E-state index in [9.17, 15) is 4.39 Å². The molecule has 0 heterocycles. The number of hydrogen-bond donors (Lipinski definition) is 2. The van der Waals surface area contributed by atoms with Crippen LogP contribution in [0.5, 0.6) is 0 Å². The number of hydrogen-bond acceptors (Lipinski definition) is 4. The zero-order valence-electron chi connectivity index (χ0n) is 11.3. The monoisotopic (exact) mass is 269 g/mol. The molecule has 0 saturated carbocycles. The maximum Gasteiger partial charge on any atom is 0.170 e. The van der Waals surface area contributed by atoms with Gasteiger partial charge >= 0.3 is 0 Å². The largest absolute Gasteiger partial charge is 0.409 e. The first-order valence-corrected chi connectivity index (χ1v) is 6.10. The molecular weight excluding hydrogens is 249 g/mol. The summed E-state index contributed by atoms with van der Waals surface area (Å²) in [6.07, 6.45) is 0. The lowest BCUT2D eigenvalue weighted by molar-refractivity contribution is 0.120. The van der Waals surface area contributed by atoms with Gasteiger partial charge in [-0.1, -0.05) is 5.16 Å². The molecule has 0 radical (unpaired) electrons. The number of rotatable bonds is 7. The van der Waals surface area contributed by atoms with E-state index < -0.39 is 5.82 Å². The van der Waals surface area contributed by atoms with Crippen molar-refractivity contribution in [3.8, 4) is 0 Å². The highest BCUT2D eigenvalue weighted by Crippen LogP contribution is 2.11. The summed E-state index contributed by atoms with van der Waals surface area (Å²) < 4.78 is 18.7. The van der Waals surface area contributed by atoms with Crippen LogP contribution in [-0.2, 0) is 11.3 Å². The van der Waals surface area contributed by atoms with Crippen LogP contribution in [0.15, 0.2) is 23.4 Å². The third-order valence-electron chi connectivity index (χ3n) is 2.64. The van der Waals surface area contributed by atoms with Gasteiger partial charge in [-0.2, -0.15) is 0 Å². The van der Waals surface area contributed by atoms with Crippen molar-refractivity contribution in [1.82, 2.24) is 4.90 Å². The van der Waals surface area contributed by atoms with Crippen molar-refractivity contribution >= 4 is 5.84 Å². The van der Waals surface area contributed by atoms with Gasteiger partial charge in [0, 0.05) is 25.3 Å². The fraction of sp³-hybridized carbons (Fsp3) is 0.462. The van der Waals surface area contributed by atoms with Crippen molar-refractivity contribution in [3.63, 3.8) is 0 Å². The summed E-state index contributed by atoms with van der Waals surface area (Å²) >= 11 is 0. The summed E-state index contributed by atoms with van der Waals surface area (Å²) in [6, 6.07) is 4.37. The smallest absolute Gasteiger partial charge is 0.170 e. The summed E-state index contributed by atoms with van der Waals surface area (Å²) in [5, 5.41) is 11.5. The van der Waals surface area contributed by atoms with Crippen molar-refractivity contribution in [3.05, 3.63) is 35.1 Å². The molecule has 0 aliphatic heterocycles. The minimum atomic E-state index is -0.405. The first-order chi connectivity index (χ1) is 9.06. The Labute approximate surface area is 112 Å². The van der Waals surface area contributed by atoms with Crippen molar-refractivity contribution in [2.45, 2.75) is 13.5 Å². The van der Waals surface area contributed by atoms with Crippen molar-refractivity contribution < 1.29 is 14.3 Å². The number of nitrogens with zero attached hydrogens (tertiary/aromatic N) is 2. The third-order valence-corrected chi connectivity index (χ3v) is 2.64. The maximum atomic E-state index is 13.4. The van der Waals surface area contributed by atoms with Crippen LogP contribution in [0.4, 0.5) is 4.39 Å². The number of ether oxygens (including phenoxy) is 1. The minimum absolute atomic E-state index is 0.0993. The first kappa shape index (κ1) is 15.4. The molecule has 0 aliphatic rings. The molecule has 0 aromatic heterocycles. The summed E-state index contributed by atoms with van der Waals surface area (Å²) in [4.78, 5) is 2.01. The molecule has 1 aromatic carbocycles. The van der Waals surface area contributed by atoms with E-state index in [1.54, 1.807) is 6.07 Å². The van der Waals surface area contributed by atoms with Crippen LogP contribution in [0.3, 0.4) is 0 Å². The second-order valence-electron chi connectivity index (χ2n) is 4.27. The predicted molar refractivity (Wildman–Crippen MR) is 71.7 cm³/mol. The van der Waals surface area contributed by atoms with E-state index in [2.05, 4.69) is 5.16 Å². The van der Waals surface area contributed by atoms with Crippen molar-refractivity contribution in [2.75, 3.05) is 26.8 Å².